The molecule has 2 rings (SSSR count). The molecule has 2 aromatic rings. The van der Waals surface area contributed by atoms with Crippen LogP contribution in [-0.2, 0) is 0 Å². The third kappa shape index (κ3) is 4.33. The second-order valence-electron chi connectivity index (χ2n) is 3.56. The Hall–Kier alpha value is -1.95. The fraction of sp³-hybridized carbons (Fsp3) is 0.0833. The molecule has 0 radical (unpaired) electrons. The lowest BCUT2D eigenvalue weighted by atomic mass is 10.3. The van der Waals surface area contributed by atoms with Crippen LogP contribution in [0.15, 0.2) is 42.6 Å². The van der Waals surface area contributed by atoms with Gasteiger partial charge in [-0.3, -0.25) is 0 Å². The minimum atomic E-state index is -4.69. The number of aromatic nitrogens is 1. The van der Waals surface area contributed by atoms with Crippen LogP contribution in [0.4, 0.5) is 24.7 Å². The van der Waals surface area contributed by atoms with Gasteiger partial charge in [0.2, 0.25) is 0 Å². The molecule has 0 atom stereocenters. The van der Waals surface area contributed by atoms with Crippen LogP contribution in [-0.4, -0.2) is 11.3 Å². The van der Waals surface area contributed by atoms with Gasteiger partial charge in [-0.15, -0.1) is 13.2 Å². The number of anilines is 2. The molecule has 0 saturated carbocycles. The van der Waals surface area contributed by atoms with Gasteiger partial charge < -0.3 is 10.1 Å². The van der Waals surface area contributed by atoms with Gasteiger partial charge in [-0.2, -0.15) is 0 Å². The van der Waals surface area contributed by atoms with Gasteiger partial charge in [-0.1, -0.05) is 11.6 Å². The highest BCUT2D eigenvalue weighted by atomic mass is 35.5. The Morgan fingerprint density at radius 3 is 2.26 bits per heavy atom. The number of nitrogens with one attached hydrogen (secondary N) is 1. The molecule has 7 heteroatoms. The molecule has 0 aliphatic carbocycles. The lowest BCUT2D eigenvalue weighted by molar-refractivity contribution is -0.274. The molecule has 1 N–H and O–H groups in total. The Balaban J connectivity index is 2.04. The zero-order valence-electron chi connectivity index (χ0n) is 9.41. The maximum Gasteiger partial charge on any atom is 0.573 e. The molecule has 0 unspecified atom stereocenters. The summed E-state index contributed by atoms with van der Waals surface area (Å²) in [6.07, 6.45) is -3.22. The number of nitrogens with zero attached hydrogens (tertiary/aromatic N) is 1. The van der Waals surface area contributed by atoms with E-state index in [2.05, 4.69) is 15.0 Å². The first-order valence-electron chi connectivity index (χ1n) is 5.17. The molecule has 1 heterocycles. The van der Waals surface area contributed by atoms with Crippen molar-refractivity contribution in [3.63, 3.8) is 0 Å². The topological polar surface area (TPSA) is 34.1 Å². The van der Waals surface area contributed by atoms with Crippen LogP contribution in [0.1, 0.15) is 0 Å². The van der Waals surface area contributed by atoms with Gasteiger partial charge in [0.15, 0.2) is 0 Å². The van der Waals surface area contributed by atoms with Crippen molar-refractivity contribution < 1.29 is 17.9 Å². The van der Waals surface area contributed by atoms with Crippen LogP contribution in [0.3, 0.4) is 0 Å². The predicted octanol–water partition coefficient (Wildman–Crippen LogP) is 4.38. The summed E-state index contributed by atoms with van der Waals surface area (Å²) >= 11 is 5.68. The molecule has 0 amide bonds. The first kappa shape index (κ1) is 13.5. The van der Waals surface area contributed by atoms with E-state index in [1.165, 1.54) is 30.5 Å². The molecule has 1 aromatic carbocycles. The molecular formula is C12H8ClF3N2O. The summed E-state index contributed by atoms with van der Waals surface area (Å²) < 4.78 is 39.7. The van der Waals surface area contributed by atoms with Crippen LogP contribution < -0.4 is 10.1 Å². The second-order valence-corrected chi connectivity index (χ2v) is 4.00. The average Bonchev–Trinajstić information content (AvgIpc) is 2.33. The van der Waals surface area contributed by atoms with Crippen LogP contribution in [0.5, 0.6) is 5.75 Å². The Kier molecular flexibility index (Phi) is 3.80. The maximum atomic E-state index is 12.0. The molecule has 19 heavy (non-hydrogen) atoms. The number of rotatable bonds is 3. The molecule has 1 aromatic heterocycles. The smallest absolute Gasteiger partial charge is 0.406 e. The van der Waals surface area contributed by atoms with E-state index in [1.54, 1.807) is 12.1 Å². The van der Waals surface area contributed by atoms with Crippen LogP contribution in [0.2, 0.25) is 5.02 Å². The van der Waals surface area contributed by atoms with Crippen molar-refractivity contribution in [1.82, 2.24) is 4.98 Å². The number of benzene rings is 1. The zero-order valence-corrected chi connectivity index (χ0v) is 10.2. The molecule has 0 aliphatic rings. The summed E-state index contributed by atoms with van der Waals surface area (Å²) in [5, 5.41) is 3.41. The zero-order chi connectivity index (χ0) is 13.9. The molecule has 0 spiro atoms. The van der Waals surface area contributed by atoms with Crippen molar-refractivity contribution >= 4 is 23.1 Å². The largest absolute Gasteiger partial charge is 0.573 e. The van der Waals surface area contributed by atoms with Gasteiger partial charge in [0.05, 0.1) is 5.02 Å². The summed E-state index contributed by atoms with van der Waals surface area (Å²) in [5.74, 6) is 0.260. The number of pyridine rings is 1. The van der Waals surface area contributed by atoms with E-state index in [4.69, 9.17) is 11.6 Å². The van der Waals surface area contributed by atoms with E-state index in [9.17, 15) is 13.2 Å². The van der Waals surface area contributed by atoms with Crippen molar-refractivity contribution in [2.75, 3.05) is 5.32 Å². The van der Waals surface area contributed by atoms with E-state index in [0.29, 0.717) is 16.5 Å². The van der Waals surface area contributed by atoms with Crippen molar-refractivity contribution in [3.05, 3.63) is 47.6 Å². The number of hydrogen-bond donors (Lipinski definition) is 1. The number of ether oxygens (including phenoxy) is 1. The number of hydrogen-bond acceptors (Lipinski definition) is 3. The monoisotopic (exact) mass is 288 g/mol. The van der Waals surface area contributed by atoms with Gasteiger partial charge in [-0.25, -0.2) is 4.98 Å². The normalized spacial score (nSPS) is 11.2. The summed E-state index contributed by atoms with van der Waals surface area (Å²) in [5.41, 5.74) is 0.587. The fourth-order valence-electron chi connectivity index (χ4n) is 1.34. The minimum Gasteiger partial charge on any atom is -0.406 e. The first-order valence-corrected chi connectivity index (χ1v) is 5.54. The summed E-state index contributed by atoms with van der Waals surface area (Å²) in [7, 11) is 0. The molecule has 0 aliphatic heterocycles. The van der Waals surface area contributed by atoms with Crippen molar-refractivity contribution in [2.45, 2.75) is 6.36 Å². The highest BCUT2D eigenvalue weighted by molar-refractivity contribution is 6.30. The summed E-state index contributed by atoms with van der Waals surface area (Å²) in [4.78, 5) is 4.00. The minimum absolute atomic E-state index is 0.276. The highest BCUT2D eigenvalue weighted by Crippen LogP contribution is 2.25. The number of halogens is 4. The first-order chi connectivity index (χ1) is 8.92. The maximum absolute atomic E-state index is 12.0. The molecule has 0 fully saturated rings. The predicted molar refractivity (Wildman–Crippen MR) is 65.7 cm³/mol. The van der Waals surface area contributed by atoms with Gasteiger partial charge in [0.25, 0.3) is 0 Å². The second kappa shape index (κ2) is 5.36. The van der Waals surface area contributed by atoms with Crippen molar-refractivity contribution in [1.29, 1.82) is 0 Å². The van der Waals surface area contributed by atoms with Gasteiger partial charge >= 0.3 is 6.36 Å². The summed E-state index contributed by atoms with van der Waals surface area (Å²) in [6.45, 7) is 0. The van der Waals surface area contributed by atoms with E-state index >= 15 is 0 Å². The van der Waals surface area contributed by atoms with E-state index in [1.807, 2.05) is 0 Å². The SMILES string of the molecule is FC(F)(F)Oc1ccc(Nc2ccc(Cl)cn2)cc1. The van der Waals surface area contributed by atoms with Gasteiger partial charge in [0, 0.05) is 11.9 Å². The quantitative estimate of drug-likeness (QED) is 0.910. The van der Waals surface area contributed by atoms with Crippen molar-refractivity contribution in [3.8, 4) is 5.75 Å². The van der Waals surface area contributed by atoms with E-state index in [-0.39, 0.29) is 5.75 Å². The Morgan fingerprint density at radius 2 is 1.74 bits per heavy atom. The molecule has 0 bridgehead atoms. The standard InChI is InChI=1S/C12H8ClF3N2O/c13-8-1-6-11(17-7-8)18-9-2-4-10(5-3-9)19-12(14,15)16/h1-7H,(H,17,18). The lowest BCUT2D eigenvalue weighted by Gasteiger charge is -2.10. The third-order valence-corrected chi connectivity index (χ3v) is 2.31. The van der Waals surface area contributed by atoms with Crippen molar-refractivity contribution in [2.24, 2.45) is 0 Å². The van der Waals surface area contributed by atoms with Gasteiger partial charge in [0.1, 0.15) is 11.6 Å². The number of alkyl halides is 3. The van der Waals surface area contributed by atoms with Crippen LogP contribution in [0.25, 0.3) is 0 Å². The van der Waals surface area contributed by atoms with Crippen LogP contribution in [0, 0.1) is 0 Å². The molecular weight excluding hydrogens is 281 g/mol. The fourth-order valence-corrected chi connectivity index (χ4v) is 1.45. The lowest BCUT2D eigenvalue weighted by Crippen LogP contribution is -2.16. The van der Waals surface area contributed by atoms with Gasteiger partial charge in [-0.05, 0) is 36.4 Å². The average molecular weight is 289 g/mol. The molecule has 100 valence electrons. The highest BCUT2D eigenvalue weighted by Gasteiger charge is 2.30. The molecule has 0 saturated heterocycles. The van der Waals surface area contributed by atoms with E-state index < -0.39 is 6.36 Å². The molecule has 3 nitrogen and oxygen atoms in total. The Bertz CT molecular complexity index is 540. The van der Waals surface area contributed by atoms with E-state index in [0.717, 1.165) is 0 Å². The summed E-state index contributed by atoms with van der Waals surface area (Å²) in [6, 6.07) is 8.65. The Morgan fingerprint density at radius 1 is 1.05 bits per heavy atom. The third-order valence-electron chi connectivity index (χ3n) is 2.09. The van der Waals surface area contributed by atoms with Crippen LogP contribution >= 0.6 is 11.6 Å². The Labute approximate surface area is 112 Å².